The summed E-state index contributed by atoms with van der Waals surface area (Å²) in [6.45, 7) is 4.44. The third-order valence-corrected chi connectivity index (χ3v) is 5.52. The Labute approximate surface area is 188 Å². The van der Waals surface area contributed by atoms with Crippen molar-refractivity contribution in [1.82, 2.24) is 29.9 Å². The molecule has 0 N–H and O–H groups in total. The molecule has 0 spiro atoms. The van der Waals surface area contributed by atoms with Crippen LogP contribution in [-0.2, 0) is 19.6 Å². The van der Waals surface area contributed by atoms with Crippen molar-refractivity contribution in [1.29, 1.82) is 0 Å². The molecule has 1 aromatic carbocycles. The highest BCUT2D eigenvalue weighted by molar-refractivity contribution is 7.99. The fourth-order valence-corrected chi connectivity index (χ4v) is 3.82. The molecule has 3 aromatic heterocycles. The second-order valence-corrected chi connectivity index (χ2v) is 7.78. The molecule has 164 valence electrons. The molecule has 4 rings (SSSR count). The van der Waals surface area contributed by atoms with Gasteiger partial charge in [0.2, 0.25) is 11.7 Å². The Bertz CT molecular complexity index is 1160. The van der Waals surface area contributed by atoms with Gasteiger partial charge in [0, 0.05) is 36.7 Å². The van der Waals surface area contributed by atoms with E-state index in [4.69, 9.17) is 9.26 Å². The lowest BCUT2D eigenvalue weighted by Gasteiger charge is -2.09. The number of benzene rings is 1. The lowest BCUT2D eigenvalue weighted by atomic mass is 10.2. The number of para-hydroxylation sites is 1. The Kier molecular flexibility index (Phi) is 7.23. The van der Waals surface area contributed by atoms with Crippen LogP contribution >= 0.6 is 11.8 Å². The fourth-order valence-electron chi connectivity index (χ4n) is 2.91. The number of halogens is 1. The quantitative estimate of drug-likeness (QED) is 0.188. The van der Waals surface area contributed by atoms with Crippen molar-refractivity contribution in [2.24, 2.45) is 0 Å². The summed E-state index contributed by atoms with van der Waals surface area (Å²) in [5.41, 5.74) is 0.868. The van der Waals surface area contributed by atoms with Crippen molar-refractivity contribution < 1.29 is 13.7 Å². The van der Waals surface area contributed by atoms with Crippen LogP contribution in [0, 0.1) is 5.82 Å². The van der Waals surface area contributed by atoms with Crippen LogP contribution in [0.25, 0.3) is 11.4 Å². The molecule has 0 saturated carbocycles. The third kappa shape index (κ3) is 5.38. The zero-order chi connectivity index (χ0) is 22.2. The van der Waals surface area contributed by atoms with Gasteiger partial charge in [0.05, 0.1) is 0 Å². The summed E-state index contributed by atoms with van der Waals surface area (Å²) in [4.78, 5) is 8.42. The van der Waals surface area contributed by atoms with Gasteiger partial charge >= 0.3 is 0 Å². The topological polar surface area (TPSA) is 91.8 Å². The smallest absolute Gasteiger partial charge is 0.226 e. The van der Waals surface area contributed by atoms with Crippen molar-refractivity contribution in [2.45, 2.75) is 31.1 Å². The van der Waals surface area contributed by atoms with Crippen LogP contribution in [-0.4, -0.2) is 35.6 Å². The first kappa shape index (κ1) is 21.7. The zero-order valence-electron chi connectivity index (χ0n) is 17.2. The van der Waals surface area contributed by atoms with Crippen LogP contribution < -0.4 is 4.74 Å². The highest BCUT2D eigenvalue weighted by atomic mass is 32.2. The molecule has 0 atom stereocenters. The molecule has 3 heterocycles. The van der Waals surface area contributed by atoms with E-state index in [9.17, 15) is 4.39 Å². The highest BCUT2D eigenvalue weighted by Gasteiger charge is 2.14. The van der Waals surface area contributed by atoms with Crippen molar-refractivity contribution in [3.05, 3.63) is 79.0 Å². The lowest BCUT2D eigenvalue weighted by Crippen LogP contribution is -2.08. The molecule has 0 bridgehead atoms. The number of pyridine rings is 1. The van der Waals surface area contributed by atoms with E-state index in [0.717, 1.165) is 22.9 Å². The van der Waals surface area contributed by atoms with Crippen LogP contribution in [0.1, 0.15) is 18.1 Å². The van der Waals surface area contributed by atoms with Gasteiger partial charge in [0.25, 0.3) is 0 Å². The van der Waals surface area contributed by atoms with Gasteiger partial charge in [-0.05, 0) is 30.7 Å². The molecule has 0 aliphatic heterocycles. The maximum absolute atomic E-state index is 13.8. The van der Waals surface area contributed by atoms with Gasteiger partial charge < -0.3 is 9.26 Å². The molecule has 0 fully saturated rings. The maximum atomic E-state index is 13.8. The molecular formula is C22H21FN6O2S. The highest BCUT2D eigenvalue weighted by Crippen LogP contribution is 2.22. The first-order valence-electron chi connectivity index (χ1n) is 10.0. The molecule has 0 unspecified atom stereocenters. The van der Waals surface area contributed by atoms with E-state index in [0.29, 0.717) is 30.5 Å². The SMILES string of the molecule is C=CCn1c(COc2ccccc2F)nnc1SCCCc1nc(-c2ccncc2)no1. The van der Waals surface area contributed by atoms with E-state index < -0.39 is 5.82 Å². The molecule has 4 aromatic rings. The minimum Gasteiger partial charge on any atom is -0.483 e. The Morgan fingerprint density at radius 1 is 1.16 bits per heavy atom. The first-order valence-corrected chi connectivity index (χ1v) is 11.0. The van der Waals surface area contributed by atoms with E-state index in [-0.39, 0.29) is 12.4 Å². The van der Waals surface area contributed by atoms with Gasteiger partial charge in [-0.25, -0.2) is 4.39 Å². The summed E-state index contributed by atoms with van der Waals surface area (Å²) < 4.78 is 26.6. The van der Waals surface area contributed by atoms with E-state index in [2.05, 4.69) is 31.9 Å². The van der Waals surface area contributed by atoms with E-state index in [1.165, 1.54) is 6.07 Å². The average molecular weight is 453 g/mol. The number of thioether (sulfide) groups is 1. The van der Waals surface area contributed by atoms with Crippen LogP contribution in [0.15, 0.2) is 71.1 Å². The number of nitrogens with zero attached hydrogens (tertiary/aromatic N) is 6. The monoisotopic (exact) mass is 452 g/mol. The Hall–Kier alpha value is -3.53. The van der Waals surface area contributed by atoms with Crippen LogP contribution in [0.4, 0.5) is 4.39 Å². The number of aromatic nitrogens is 6. The van der Waals surface area contributed by atoms with Gasteiger partial charge in [-0.2, -0.15) is 4.98 Å². The van der Waals surface area contributed by atoms with Crippen molar-refractivity contribution >= 4 is 11.8 Å². The van der Waals surface area contributed by atoms with Crippen molar-refractivity contribution in [2.75, 3.05) is 5.75 Å². The molecular weight excluding hydrogens is 431 g/mol. The molecule has 8 nitrogen and oxygen atoms in total. The second-order valence-electron chi connectivity index (χ2n) is 6.72. The number of rotatable bonds is 11. The van der Waals surface area contributed by atoms with Crippen LogP contribution in [0.3, 0.4) is 0 Å². The van der Waals surface area contributed by atoms with Gasteiger partial charge in [-0.15, -0.1) is 16.8 Å². The van der Waals surface area contributed by atoms with Gasteiger partial charge in [-0.1, -0.05) is 35.1 Å². The summed E-state index contributed by atoms with van der Waals surface area (Å²) in [5.74, 6) is 2.31. The number of hydrogen-bond donors (Lipinski definition) is 0. The summed E-state index contributed by atoms with van der Waals surface area (Å²) >= 11 is 1.57. The maximum Gasteiger partial charge on any atom is 0.226 e. The zero-order valence-corrected chi connectivity index (χ0v) is 18.0. The third-order valence-electron chi connectivity index (χ3n) is 4.47. The molecule has 0 saturated heterocycles. The van der Waals surface area contributed by atoms with Gasteiger partial charge in [0.15, 0.2) is 22.5 Å². The molecule has 0 radical (unpaired) electrons. The number of aryl methyl sites for hydroxylation is 1. The normalized spacial score (nSPS) is 10.9. The summed E-state index contributed by atoms with van der Waals surface area (Å²) in [6, 6.07) is 9.95. The summed E-state index contributed by atoms with van der Waals surface area (Å²) in [5, 5.41) is 13.2. The lowest BCUT2D eigenvalue weighted by molar-refractivity contribution is 0.275. The van der Waals surface area contributed by atoms with E-state index >= 15 is 0 Å². The van der Waals surface area contributed by atoms with Gasteiger partial charge in [0.1, 0.15) is 6.61 Å². The minimum absolute atomic E-state index is 0.113. The summed E-state index contributed by atoms with van der Waals surface area (Å²) in [7, 11) is 0. The predicted molar refractivity (Wildman–Crippen MR) is 118 cm³/mol. The number of hydrogen-bond acceptors (Lipinski definition) is 8. The standard InChI is InChI=1S/C22H21FN6O2S/c1-2-13-29-19(15-30-18-7-4-3-6-17(18)23)26-27-22(29)32-14-5-8-20-25-21(28-31-20)16-9-11-24-12-10-16/h2-4,6-7,9-12H,1,5,8,13-15H2. The van der Waals surface area contributed by atoms with E-state index in [1.807, 2.05) is 16.7 Å². The number of allylic oxidation sites excluding steroid dienone is 1. The second kappa shape index (κ2) is 10.7. The van der Waals surface area contributed by atoms with Crippen molar-refractivity contribution in [3.63, 3.8) is 0 Å². The first-order chi connectivity index (χ1) is 15.7. The summed E-state index contributed by atoms with van der Waals surface area (Å²) in [6.07, 6.45) is 6.63. The Morgan fingerprint density at radius 2 is 2.00 bits per heavy atom. The molecule has 32 heavy (non-hydrogen) atoms. The molecule has 0 amide bonds. The Balaban J connectivity index is 1.31. The minimum atomic E-state index is -0.412. The largest absolute Gasteiger partial charge is 0.483 e. The fraction of sp³-hybridized carbons (Fsp3) is 0.227. The van der Waals surface area contributed by atoms with Crippen molar-refractivity contribution in [3.8, 4) is 17.1 Å². The van der Waals surface area contributed by atoms with Crippen LogP contribution in [0.2, 0.25) is 0 Å². The molecule has 10 heteroatoms. The van der Waals surface area contributed by atoms with Crippen LogP contribution in [0.5, 0.6) is 5.75 Å². The average Bonchev–Trinajstić information content (AvgIpc) is 3.45. The Morgan fingerprint density at radius 3 is 2.81 bits per heavy atom. The van der Waals surface area contributed by atoms with Gasteiger partial charge in [-0.3, -0.25) is 9.55 Å². The molecule has 0 aliphatic rings. The van der Waals surface area contributed by atoms with E-state index in [1.54, 1.807) is 48.4 Å². The molecule has 0 aliphatic carbocycles. The predicted octanol–water partition coefficient (Wildman–Crippen LogP) is 4.35. The number of ether oxygens (including phenoxy) is 1.